The normalized spacial score (nSPS) is 17.8. The zero-order valence-corrected chi connectivity index (χ0v) is 20.6. The first kappa shape index (κ1) is 24.3. The summed E-state index contributed by atoms with van der Waals surface area (Å²) < 4.78 is 7.20. The van der Waals surface area contributed by atoms with Crippen LogP contribution in [-0.4, -0.2) is 48.9 Å². The molecule has 2 aliphatic rings. The van der Waals surface area contributed by atoms with Gasteiger partial charge in [-0.2, -0.15) is 0 Å². The number of hydrogen-bond acceptors (Lipinski definition) is 5. The van der Waals surface area contributed by atoms with E-state index < -0.39 is 11.6 Å². The predicted molar refractivity (Wildman–Crippen MR) is 133 cm³/mol. The van der Waals surface area contributed by atoms with Crippen LogP contribution in [0.25, 0.3) is 0 Å². The molecular weight excluding hydrogens is 456 g/mol. The summed E-state index contributed by atoms with van der Waals surface area (Å²) >= 11 is 6.77. The number of ether oxygens (including phenoxy) is 1. The number of nitrogens with zero attached hydrogens (tertiary/aromatic N) is 3. The first-order chi connectivity index (χ1) is 16.2. The Bertz CT molecular complexity index is 1140. The molecule has 2 aromatic rings. The third-order valence-corrected chi connectivity index (χ3v) is 7.14. The van der Waals surface area contributed by atoms with Crippen molar-refractivity contribution in [2.45, 2.75) is 51.2 Å². The third kappa shape index (κ3) is 4.98. The van der Waals surface area contributed by atoms with Gasteiger partial charge in [0.15, 0.2) is 0 Å². The number of rotatable bonds is 6. The van der Waals surface area contributed by atoms with Crippen molar-refractivity contribution >= 4 is 34.9 Å². The van der Waals surface area contributed by atoms with Gasteiger partial charge in [-0.25, -0.2) is 4.79 Å². The number of carbonyl (C=O) groups excluding carboxylic acids is 2. The van der Waals surface area contributed by atoms with Crippen LogP contribution in [0.5, 0.6) is 0 Å². The van der Waals surface area contributed by atoms with E-state index in [2.05, 4.69) is 10.2 Å². The summed E-state index contributed by atoms with van der Waals surface area (Å²) in [5.41, 5.74) is 1.86. The monoisotopic (exact) mass is 486 g/mol. The minimum absolute atomic E-state index is 0.0169. The minimum atomic E-state index is -0.442. The lowest BCUT2D eigenvalue weighted by Crippen LogP contribution is -2.49. The summed E-state index contributed by atoms with van der Waals surface area (Å²) in [4.78, 5) is 40.6. The predicted octanol–water partition coefficient (Wildman–Crippen LogP) is 3.76. The van der Waals surface area contributed by atoms with Crippen LogP contribution in [0.15, 0.2) is 41.3 Å². The van der Waals surface area contributed by atoms with Crippen LogP contribution in [0, 0.1) is 0 Å². The molecule has 3 heterocycles. The average molecular weight is 487 g/mol. The maximum atomic E-state index is 13.1. The van der Waals surface area contributed by atoms with Gasteiger partial charge < -0.3 is 14.2 Å². The van der Waals surface area contributed by atoms with E-state index in [1.807, 2.05) is 44.2 Å². The summed E-state index contributed by atoms with van der Waals surface area (Å²) in [5.74, 6) is -0.0526. The van der Waals surface area contributed by atoms with Gasteiger partial charge in [0.1, 0.15) is 5.69 Å². The lowest BCUT2D eigenvalue weighted by molar-refractivity contribution is -0.120. The number of imide groups is 1. The third-order valence-electron chi connectivity index (χ3n) is 6.73. The number of hydrogen-bond donors (Lipinski definition) is 1. The molecule has 1 aromatic heterocycles. The van der Waals surface area contributed by atoms with Gasteiger partial charge in [-0.15, -0.1) is 0 Å². The van der Waals surface area contributed by atoms with Crippen molar-refractivity contribution in [3.05, 3.63) is 57.5 Å². The number of benzene rings is 1. The van der Waals surface area contributed by atoms with Gasteiger partial charge in [-0.1, -0.05) is 23.7 Å². The zero-order chi connectivity index (χ0) is 24.5. The number of piperidine rings is 1. The van der Waals surface area contributed by atoms with E-state index in [0.29, 0.717) is 29.5 Å². The molecule has 8 nitrogen and oxygen atoms in total. The second-order valence-corrected chi connectivity index (χ2v) is 9.86. The van der Waals surface area contributed by atoms with Crippen LogP contribution in [0.3, 0.4) is 0 Å². The summed E-state index contributed by atoms with van der Waals surface area (Å²) in [7, 11) is 1.65. The molecule has 0 bridgehead atoms. The van der Waals surface area contributed by atoms with Gasteiger partial charge in [-0.05, 0) is 56.4 Å². The highest BCUT2D eigenvalue weighted by atomic mass is 35.5. The lowest BCUT2D eigenvalue weighted by atomic mass is 9.88. The molecule has 0 aliphatic carbocycles. The van der Waals surface area contributed by atoms with E-state index in [1.54, 1.807) is 17.9 Å². The molecule has 0 unspecified atom stereocenters. The first-order valence-electron chi connectivity index (χ1n) is 11.6. The Labute approximate surface area is 204 Å². The highest BCUT2D eigenvalue weighted by Gasteiger charge is 2.29. The number of methoxy groups -OCH3 is 1. The highest BCUT2D eigenvalue weighted by molar-refractivity contribution is 6.34. The van der Waals surface area contributed by atoms with Crippen molar-refractivity contribution in [2.75, 3.05) is 36.5 Å². The van der Waals surface area contributed by atoms with E-state index in [9.17, 15) is 14.4 Å². The number of nitrogens with one attached hydrogen (secondary N) is 1. The van der Waals surface area contributed by atoms with Crippen molar-refractivity contribution in [2.24, 2.45) is 0 Å². The summed E-state index contributed by atoms with van der Waals surface area (Å²) in [6.45, 7) is 6.17. The molecule has 0 atom stereocenters. The molecule has 0 spiro atoms. The van der Waals surface area contributed by atoms with Crippen molar-refractivity contribution in [3.8, 4) is 0 Å². The molecule has 0 saturated carbocycles. The number of pyridine rings is 1. The van der Waals surface area contributed by atoms with Crippen LogP contribution < -0.4 is 20.7 Å². The van der Waals surface area contributed by atoms with Crippen LogP contribution >= 0.6 is 11.6 Å². The van der Waals surface area contributed by atoms with Crippen LogP contribution in [-0.2, 0) is 16.1 Å². The standard InChI is InChI=1S/C25H31ClN4O4/c1-25(2,34-3)16-29-12-5-8-20(23(29)32)28-13-9-17(10-14-28)18-6-4-7-19(22(18)26)30-15-11-21(31)27-24(30)33/h4-8,12,17H,9-11,13-16H2,1-3H3,(H,27,31,33). The number of carbonyl (C=O) groups is 2. The molecule has 1 N–H and O–H groups in total. The van der Waals surface area contributed by atoms with Crippen molar-refractivity contribution in [3.63, 3.8) is 0 Å². The second-order valence-electron chi connectivity index (χ2n) is 9.49. The number of halogens is 1. The van der Waals surface area contributed by atoms with Gasteiger partial charge in [0, 0.05) is 39.4 Å². The Morgan fingerprint density at radius 3 is 2.44 bits per heavy atom. The number of aromatic nitrogens is 1. The molecule has 2 fully saturated rings. The number of anilines is 2. The van der Waals surface area contributed by atoms with Gasteiger partial charge in [0.25, 0.3) is 5.56 Å². The Morgan fingerprint density at radius 2 is 1.76 bits per heavy atom. The lowest BCUT2D eigenvalue weighted by Gasteiger charge is -2.35. The van der Waals surface area contributed by atoms with E-state index >= 15 is 0 Å². The fourth-order valence-electron chi connectivity index (χ4n) is 4.65. The average Bonchev–Trinajstić information content (AvgIpc) is 2.81. The summed E-state index contributed by atoms with van der Waals surface area (Å²) in [6.07, 6.45) is 3.73. The van der Waals surface area contributed by atoms with Crippen molar-refractivity contribution < 1.29 is 14.3 Å². The smallest absolute Gasteiger partial charge is 0.328 e. The SMILES string of the molecule is COC(C)(C)Cn1cccc(N2CCC(c3cccc(N4CCC(=O)NC4=O)c3Cl)CC2)c1=O. The molecular formula is C25H31ClN4O4. The quantitative estimate of drug-likeness (QED) is 0.672. The molecule has 9 heteroatoms. The van der Waals surface area contributed by atoms with Crippen molar-refractivity contribution in [1.82, 2.24) is 9.88 Å². The van der Waals surface area contributed by atoms with Crippen LogP contribution in [0.2, 0.25) is 5.02 Å². The minimum Gasteiger partial charge on any atom is -0.377 e. The molecule has 3 amide bonds. The Hall–Kier alpha value is -2.84. The number of amides is 3. The Morgan fingerprint density at radius 1 is 1.06 bits per heavy atom. The Balaban J connectivity index is 1.48. The molecule has 2 aliphatic heterocycles. The van der Waals surface area contributed by atoms with Gasteiger partial charge in [-0.3, -0.25) is 19.8 Å². The Kier molecular flexibility index (Phi) is 7.00. The van der Waals surface area contributed by atoms with E-state index in [1.165, 1.54) is 4.90 Å². The summed E-state index contributed by atoms with van der Waals surface area (Å²) in [6, 6.07) is 9.06. The van der Waals surface area contributed by atoms with Gasteiger partial charge in [0.05, 0.1) is 22.9 Å². The van der Waals surface area contributed by atoms with Crippen LogP contribution in [0.4, 0.5) is 16.2 Å². The van der Waals surface area contributed by atoms with Gasteiger partial charge in [0.2, 0.25) is 5.91 Å². The molecule has 182 valence electrons. The van der Waals surface area contributed by atoms with E-state index in [0.717, 1.165) is 31.5 Å². The fourth-order valence-corrected chi connectivity index (χ4v) is 5.03. The highest BCUT2D eigenvalue weighted by Crippen LogP contribution is 2.39. The van der Waals surface area contributed by atoms with Crippen molar-refractivity contribution in [1.29, 1.82) is 0 Å². The molecule has 4 rings (SSSR count). The molecule has 1 aromatic carbocycles. The topological polar surface area (TPSA) is 83.9 Å². The van der Waals surface area contributed by atoms with Gasteiger partial charge >= 0.3 is 6.03 Å². The maximum Gasteiger partial charge on any atom is 0.328 e. The fraction of sp³-hybridized carbons (Fsp3) is 0.480. The maximum absolute atomic E-state index is 13.1. The van der Waals surface area contributed by atoms with E-state index in [-0.39, 0.29) is 23.8 Å². The second kappa shape index (κ2) is 9.80. The molecule has 2 saturated heterocycles. The number of urea groups is 1. The first-order valence-corrected chi connectivity index (χ1v) is 12.0. The van der Waals surface area contributed by atoms with Crippen LogP contribution in [0.1, 0.15) is 44.6 Å². The largest absolute Gasteiger partial charge is 0.377 e. The zero-order valence-electron chi connectivity index (χ0n) is 19.8. The molecule has 0 radical (unpaired) electrons. The van der Waals surface area contributed by atoms with E-state index in [4.69, 9.17) is 16.3 Å². The molecule has 34 heavy (non-hydrogen) atoms. The summed E-state index contributed by atoms with van der Waals surface area (Å²) in [5, 5.41) is 2.90.